The summed E-state index contributed by atoms with van der Waals surface area (Å²) in [6.45, 7) is -0.762. The predicted octanol–water partition coefficient (Wildman–Crippen LogP) is -2.93. The third-order valence-electron chi connectivity index (χ3n) is 1.80. The van der Waals surface area contributed by atoms with Crippen molar-refractivity contribution < 1.29 is 29.6 Å². The van der Waals surface area contributed by atoms with Crippen LogP contribution < -0.4 is 5.73 Å². The van der Waals surface area contributed by atoms with E-state index in [4.69, 9.17) is 15.9 Å². The summed E-state index contributed by atoms with van der Waals surface area (Å²) in [6.07, 6.45) is -4.69. The summed E-state index contributed by atoms with van der Waals surface area (Å²) in [5.74, 6) is -0.903. The predicted molar refractivity (Wildman–Crippen MR) is 56.9 cm³/mol. The number of rotatable bonds is 7. The Balaban J connectivity index is 4.40. The third-order valence-corrected chi connectivity index (χ3v) is 2.20. The van der Waals surface area contributed by atoms with Crippen LogP contribution in [0.15, 0.2) is 0 Å². The summed E-state index contributed by atoms with van der Waals surface area (Å²) in [6, 6.07) is -1.02. The Morgan fingerprint density at radius 1 is 1.50 bits per heavy atom. The van der Waals surface area contributed by atoms with Crippen LogP contribution in [0, 0.1) is 0 Å². The second-order valence-electron chi connectivity index (χ2n) is 3.07. The van der Waals surface area contributed by atoms with Gasteiger partial charge in [0.15, 0.2) is 12.4 Å². The summed E-state index contributed by atoms with van der Waals surface area (Å²) in [5, 5.41) is 26.9. The minimum Gasteiger partial charge on any atom is -0.451 e. The molecule has 0 aliphatic rings. The quantitative estimate of drug-likeness (QED) is 0.186. The number of thiol groups is 1. The van der Waals surface area contributed by atoms with Crippen molar-refractivity contribution in [3.05, 3.63) is 0 Å². The van der Waals surface area contributed by atoms with E-state index in [1.807, 2.05) is 0 Å². The van der Waals surface area contributed by atoms with Crippen molar-refractivity contribution in [3.8, 4) is 0 Å². The van der Waals surface area contributed by atoms with E-state index in [-0.39, 0.29) is 12.0 Å². The zero-order valence-corrected chi connectivity index (χ0v) is 9.29. The molecule has 0 saturated heterocycles. The Morgan fingerprint density at radius 2 is 2.06 bits per heavy atom. The maximum atomic E-state index is 11.1. The van der Waals surface area contributed by atoms with E-state index in [2.05, 4.69) is 17.4 Å². The van der Waals surface area contributed by atoms with E-state index in [0.717, 1.165) is 0 Å². The van der Waals surface area contributed by atoms with Gasteiger partial charge in [-0.3, -0.25) is 9.59 Å². The van der Waals surface area contributed by atoms with Crippen LogP contribution in [0.5, 0.6) is 0 Å². The number of hydrogen-bond acceptors (Lipinski definition) is 8. The molecule has 0 spiro atoms. The second-order valence-corrected chi connectivity index (χ2v) is 3.43. The molecule has 0 bridgehead atoms. The Kier molecular flexibility index (Phi) is 7.26. The van der Waals surface area contributed by atoms with Crippen molar-refractivity contribution in [3.63, 3.8) is 0 Å². The van der Waals surface area contributed by atoms with Crippen molar-refractivity contribution in [2.24, 2.45) is 5.73 Å². The molecule has 0 rings (SSSR count). The van der Waals surface area contributed by atoms with E-state index in [1.165, 1.54) is 0 Å². The Bertz CT molecular complexity index is 239. The van der Waals surface area contributed by atoms with Crippen LogP contribution in [0.4, 0.5) is 0 Å². The number of hydrogen-bond donors (Lipinski definition) is 5. The van der Waals surface area contributed by atoms with Gasteiger partial charge in [-0.15, -0.1) is 0 Å². The van der Waals surface area contributed by atoms with E-state index in [1.54, 1.807) is 0 Å². The van der Waals surface area contributed by atoms with E-state index in [0.29, 0.717) is 0 Å². The fourth-order valence-corrected chi connectivity index (χ4v) is 0.950. The number of ether oxygens (including phenoxy) is 1. The summed E-state index contributed by atoms with van der Waals surface area (Å²) in [4.78, 5) is 21.7. The molecule has 5 N–H and O–H groups in total. The molecule has 0 aliphatic heterocycles. The number of aldehydes is 1. The number of nitrogens with two attached hydrogens (primary N) is 1. The molecule has 0 radical (unpaired) electrons. The average molecular weight is 253 g/mol. The highest BCUT2D eigenvalue weighted by atomic mass is 32.1. The molecule has 0 aromatic carbocycles. The molecule has 0 saturated carbocycles. The first-order chi connectivity index (χ1) is 7.47. The van der Waals surface area contributed by atoms with E-state index < -0.39 is 36.9 Å². The molecular formula is C8H15NO6S. The van der Waals surface area contributed by atoms with Crippen molar-refractivity contribution >= 4 is 24.9 Å². The van der Waals surface area contributed by atoms with Crippen LogP contribution in [-0.2, 0) is 14.3 Å². The van der Waals surface area contributed by atoms with Gasteiger partial charge in [0.2, 0.25) is 0 Å². The molecule has 0 aliphatic carbocycles. The molecule has 0 unspecified atom stereocenters. The molecule has 8 heteroatoms. The van der Waals surface area contributed by atoms with Crippen LogP contribution in [0.1, 0.15) is 0 Å². The number of aliphatic hydroxyl groups is 3. The Morgan fingerprint density at radius 3 is 2.44 bits per heavy atom. The van der Waals surface area contributed by atoms with Crippen LogP contribution in [0.25, 0.3) is 0 Å². The normalized spacial score (nSPS) is 18.3. The lowest BCUT2D eigenvalue weighted by Crippen LogP contribution is -2.46. The molecule has 0 heterocycles. The summed E-state index contributed by atoms with van der Waals surface area (Å²) >= 11 is 3.75. The first kappa shape index (κ1) is 15.3. The van der Waals surface area contributed by atoms with Gasteiger partial charge in [0.1, 0.15) is 18.2 Å². The lowest BCUT2D eigenvalue weighted by molar-refractivity contribution is -0.164. The molecule has 0 aromatic heterocycles. The smallest absolute Gasteiger partial charge is 0.324 e. The van der Waals surface area contributed by atoms with Crippen LogP contribution in [-0.4, -0.2) is 64.3 Å². The summed E-state index contributed by atoms with van der Waals surface area (Å²) < 4.78 is 4.54. The largest absolute Gasteiger partial charge is 0.451 e. The summed E-state index contributed by atoms with van der Waals surface area (Å²) in [7, 11) is 0. The van der Waals surface area contributed by atoms with E-state index in [9.17, 15) is 14.7 Å². The van der Waals surface area contributed by atoms with Gasteiger partial charge in [-0.2, -0.15) is 12.6 Å². The molecule has 0 amide bonds. The minimum atomic E-state index is -1.70. The molecule has 94 valence electrons. The highest BCUT2D eigenvalue weighted by molar-refractivity contribution is 7.80. The molecule has 0 aromatic rings. The lowest BCUT2D eigenvalue weighted by Gasteiger charge is -2.22. The van der Waals surface area contributed by atoms with Gasteiger partial charge in [-0.25, -0.2) is 0 Å². The second kappa shape index (κ2) is 7.58. The highest BCUT2D eigenvalue weighted by Crippen LogP contribution is 2.04. The standard InChI is InChI=1S/C8H15NO6S/c9-4(3-16)8(14)15-6(2-11)7(13)5(12)1-10/h2,4-7,10,12-13,16H,1,3,9H2/t4-,5+,6-,7+/m0/s1. The molecule has 7 nitrogen and oxygen atoms in total. The molecular weight excluding hydrogens is 238 g/mol. The van der Waals surface area contributed by atoms with Gasteiger partial charge < -0.3 is 25.8 Å². The molecule has 4 atom stereocenters. The third kappa shape index (κ3) is 4.45. The molecule has 16 heavy (non-hydrogen) atoms. The Hall–Kier alpha value is -0.670. The fourth-order valence-electron chi connectivity index (χ4n) is 0.801. The van der Waals surface area contributed by atoms with Crippen molar-refractivity contribution in [1.82, 2.24) is 0 Å². The zero-order chi connectivity index (χ0) is 12.7. The van der Waals surface area contributed by atoms with Gasteiger partial charge in [0, 0.05) is 5.75 Å². The SMILES string of the molecule is N[C@@H](CS)C(=O)O[C@@H](C=O)[C@H](O)[C@H](O)CO. The maximum Gasteiger partial charge on any atom is 0.324 e. The fraction of sp³-hybridized carbons (Fsp3) is 0.750. The highest BCUT2D eigenvalue weighted by Gasteiger charge is 2.30. The van der Waals surface area contributed by atoms with Gasteiger partial charge in [-0.1, -0.05) is 0 Å². The number of aliphatic hydroxyl groups excluding tert-OH is 3. The van der Waals surface area contributed by atoms with Gasteiger partial charge >= 0.3 is 5.97 Å². The number of carbonyl (C=O) groups excluding carboxylic acids is 2. The molecule has 0 fully saturated rings. The van der Waals surface area contributed by atoms with Crippen LogP contribution in [0.2, 0.25) is 0 Å². The lowest BCUT2D eigenvalue weighted by atomic mass is 10.1. The van der Waals surface area contributed by atoms with Gasteiger partial charge in [0.25, 0.3) is 0 Å². The number of esters is 1. The van der Waals surface area contributed by atoms with Crippen LogP contribution >= 0.6 is 12.6 Å². The number of carbonyl (C=O) groups is 2. The minimum absolute atomic E-state index is 0.0169. The first-order valence-corrected chi connectivity index (χ1v) is 5.10. The zero-order valence-electron chi connectivity index (χ0n) is 8.39. The van der Waals surface area contributed by atoms with Gasteiger partial charge in [0.05, 0.1) is 6.61 Å². The summed E-state index contributed by atoms with van der Waals surface area (Å²) in [5.41, 5.74) is 5.27. The van der Waals surface area contributed by atoms with Crippen LogP contribution in [0.3, 0.4) is 0 Å². The average Bonchev–Trinajstić information content (AvgIpc) is 2.32. The maximum absolute atomic E-state index is 11.1. The van der Waals surface area contributed by atoms with Crippen molar-refractivity contribution in [1.29, 1.82) is 0 Å². The van der Waals surface area contributed by atoms with Crippen molar-refractivity contribution in [2.45, 2.75) is 24.4 Å². The van der Waals surface area contributed by atoms with E-state index >= 15 is 0 Å². The topological polar surface area (TPSA) is 130 Å². The Labute approximate surface area is 97.6 Å². The monoisotopic (exact) mass is 253 g/mol. The first-order valence-electron chi connectivity index (χ1n) is 4.47. The van der Waals surface area contributed by atoms with Crippen molar-refractivity contribution in [2.75, 3.05) is 12.4 Å². The van der Waals surface area contributed by atoms with Gasteiger partial charge in [-0.05, 0) is 0 Å².